The molecule has 1 aliphatic heterocycles. The molecular weight excluding hydrogens is 394 g/mol. The summed E-state index contributed by atoms with van der Waals surface area (Å²) in [6, 6.07) is 17.2. The maximum absolute atomic E-state index is 6.25. The molecule has 3 aromatic rings. The van der Waals surface area contributed by atoms with Gasteiger partial charge in [0.25, 0.3) is 0 Å². The van der Waals surface area contributed by atoms with E-state index >= 15 is 0 Å². The minimum Gasteiger partial charge on any atom is -0.459 e. The molecule has 0 unspecified atom stereocenters. The molecule has 28 heavy (non-hydrogen) atoms. The van der Waals surface area contributed by atoms with E-state index in [-0.39, 0.29) is 12.1 Å². The van der Waals surface area contributed by atoms with Gasteiger partial charge in [0.2, 0.25) is 0 Å². The molecule has 1 N–H and O–H groups in total. The first kappa shape index (κ1) is 18.9. The number of methoxy groups -OCH3 is 1. The van der Waals surface area contributed by atoms with Crippen LogP contribution in [0.25, 0.3) is 11.3 Å². The number of nitrogens with one attached hydrogen (secondary N) is 1. The van der Waals surface area contributed by atoms with Crippen molar-refractivity contribution in [2.24, 2.45) is 0 Å². The van der Waals surface area contributed by atoms with Gasteiger partial charge in [-0.1, -0.05) is 17.7 Å². The molecule has 0 aliphatic carbocycles. The first-order valence-electron chi connectivity index (χ1n) is 9.00. The number of hydrogen-bond acceptors (Lipinski definition) is 4. The van der Waals surface area contributed by atoms with Crippen LogP contribution < -0.4 is 5.32 Å². The van der Waals surface area contributed by atoms with Gasteiger partial charge in [0, 0.05) is 30.4 Å². The van der Waals surface area contributed by atoms with Gasteiger partial charge in [-0.15, -0.1) is 0 Å². The van der Waals surface area contributed by atoms with Crippen LogP contribution in [0.1, 0.15) is 23.5 Å². The van der Waals surface area contributed by atoms with Crippen LogP contribution in [0.15, 0.2) is 65.2 Å². The van der Waals surface area contributed by atoms with Crippen molar-refractivity contribution in [3.63, 3.8) is 0 Å². The lowest BCUT2D eigenvalue weighted by Gasteiger charge is -2.25. The van der Waals surface area contributed by atoms with Crippen LogP contribution in [-0.4, -0.2) is 35.3 Å². The highest BCUT2D eigenvalue weighted by atomic mass is 35.5. The SMILES string of the molecule is COCCN1C(=S)N[C@@H](c2ccccn2)[C@H]1c1ccc(-c2ccc(Cl)cc2)o1. The quantitative estimate of drug-likeness (QED) is 0.595. The number of benzene rings is 1. The van der Waals surface area contributed by atoms with Gasteiger partial charge in [0.1, 0.15) is 17.6 Å². The first-order chi connectivity index (χ1) is 13.7. The summed E-state index contributed by atoms with van der Waals surface area (Å²) >= 11 is 11.6. The van der Waals surface area contributed by atoms with E-state index in [9.17, 15) is 0 Å². The summed E-state index contributed by atoms with van der Waals surface area (Å²) in [6.45, 7) is 1.23. The molecule has 0 saturated carbocycles. The van der Waals surface area contributed by atoms with E-state index in [1.807, 2.05) is 54.6 Å². The molecule has 1 aliphatic rings. The largest absolute Gasteiger partial charge is 0.459 e. The fourth-order valence-electron chi connectivity index (χ4n) is 3.43. The van der Waals surface area contributed by atoms with Crippen molar-refractivity contribution in [2.75, 3.05) is 20.3 Å². The Labute approximate surface area is 174 Å². The number of ether oxygens (including phenoxy) is 1. The lowest BCUT2D eigenvalue weighted by atomic mass is 10.0. The molecule has 3 heterocycles. The van der Waals surface area contributed by atoms with E-state index in [4.69, 9.17) is 33.0 Å². The van der Waals surface area contributed by atoms with Gasteiger partial charge in [-0.05, 0) is 60.7 Å². The highest BCUT2D eigenvalue weighted by Gasteiger charge is 2.41. The second-order valence-electron chi connectivity index (χ2n) is 6.52. The monoisotopic (exact) mass is 413 g/mol. The lowest BCUT2D eigenvalue weighted by molar-refractivity contribution is 0.158. The maximum atomic E-state index is 6.25. The van der Waals surface area contributed by atoms with Gasteiger partial charge < -0.3 is 19.4 Å². The molecule has 1 fully saturated rings. The molecule has 2 atom stereocenters. The standard InChI is InChI=1S/C21H20ClN3O2S/c1-26-13-12-25-20(19(24-21(25)28)16-4-2-3-11-23-16)18-10-9-17(27-18)14-5-7-15(22)8-6-14/h2-11,19-20H,12-13H2,1H3,(H,24,28)/t19-,20+/m0/s1. The van der Waals surface area contributed by atoms with Gasteiger partial charge in [0.05, 0.1) is 18.3 Å². The summed E-state index contributed by atoms with van der Waals surface area (Å²) in [4.78, 5) is 6.62. The molecule has 0 spiro atoms. The number of halogens is 1. The normalized spacial score (nSPS) is 19.1. The van der Waals surface area contributed by atoms with E-state index < -0.39 is 0 Å². The molecule has 2 aromatic heterocycles. The zero-order chi connectivity index (χ0) is 19.5. The molecule has 4 rings (SSSR count). The zero-order valence-electron chi connectivity index (χ0n) is 15.3. The second-order valence-corrected chi connectivity index (χ2v) is 7.34. The van der Waals surface area contributed by atoms with E-state index in [1.54, 1.807) is 13.3 Å². The Morgan fingerprint density at radius 2 is 2.00 bits per heavy atom. The molecule has 0 bridgehead atoms. The van der Waals surface area contributed by atoms with Crippen LogP contribution in [0.3, 0.4) is 0 Å². The van der Waals surface area contributed by atoms with Crippen molar-refractivity contribution >= 4 is 28.9 Å². The zero-order valence-corrected chi connectivity index (χ0v) is 16.9. The molecule has 0 radical (unpaired) electrons. The Balaban J connectivity index is 1.70. The predicted octanol–water partition coefficient (Wildman–Crippen LogP) is 4.61. The van der Waals surface area contributed by atoms with Crippen LogP contribution in [0.4, 0.5) is 0 Å². The van der Waals surface area contributed by atoms with Crippen LogP contribution in [-0.2, 0) is 4.74 Å². The smallest absolute Gasteiger partial charge is 0.170 e. The Morgan fingerprint density at radius 3 is 2.71 bits per heavy atom. The first-order valence-corrected chi connectivity index (χ1v) is 9.78. The summed E-state index contributed by atoms with van der Waals surface area (Å²) in [5.41, 5.74) is 1.89. The molecule has 5 nitrogen and oxygen atoms in total. The second kappa shape index (κ2) is 8.31. The third-order valence-corrected chi connectivity index (χ3v) is 5.39. The highest BCUT2D eigenvalue weighted by Crippen LogP contribution is 2.40. The Bertz CT molecular complexity index is 946. The fraction of sp³-hybridized carbons (Fsp3) is 0.238. The van der Waals surface area contributed by atoms with E-state index in [1.165, 1.54) is 0 Å². The minimum absolute atomic E-state index is 0.102. The fourth-order valence-corrected chi connectivity index (χ4v) is 3.88. The van der Waals surface area contributed by atoms with Gasteiger partial charge in [-0.25, -0.2) is 0 Å². The van der Waals surface area contributed by atoms with Crippen molar-refractivity contribution in [1.82, 2.24) is 15.2 Å². The number of aromatic nitrogens is 1. The Kier molecular flexibility index (Phi) is 5.62. The number of furan rings is 1. The summed E-state index contributed by atoms with van der Waals surface area (Å²) < 4.78 is 11.5. The van der Waals surface area contributed by atoms with Crippen molar-refractivity contribution in [2.45, 2.75) is 12.1 Å². The van der Waals surface area contributed by atoms with Crippen LogP contribution in [0.5, 0.6) is 0 Å². The summed E-state index contributed by atoms with van der Waals surface area (Å²) in [5.74, 6) is 1.61. The Morgan fingerprint density at radius 1 is 1.18 bits per heavy atom. The number of hydrogen-bond donors (Lipinski definition) is 1. The minimum atomic E-state index is -0.112. The summed E-state index contributed by atoms with van der Waals surface area (Å²) in [7, 11) is 1.68. The van der Waals surface area contributed by atoms with Crippen molar-refractivity contribution in [3.05, 3.63) is 77.3 Å². The molecule has 1 saturated heterocycles. The van der Waals surface area contributed by atoms with Gasteiger partial charge >= 0.3 is 0 Å². The lowest BCUT2D eigenvalue weighted by Crippen LogP contribution is -2.32. The van der Waals surface area contributed by atoms with Gasteiger partial charge in [-0.3, -0.25) is 4.98 Å². The maximum Gasteiger partial charge on any atom is 0.170 e. The van der Waals surface area contributed by atoms with E-state index in [2.05, 4.69) is 15.2 Å². The van der Waals surface area contributed by atoms with Crippen molar-refractivity contribution in [1.29, 1.82) is 0 Å². The Hall–Kier alpha value is -2.41. The third kappa shape index (κ3) is 3.76. The average molecular weight is 414 g/mol. The number of thiocarbonyl (C=S) groups is 1. The van der Waals surface area contributed by atoms with Crippen LogP contribution in [0.2, 0.25) is 5.02 Å². The van der Waals surface area contributed by atoms with E-state index in [0.717, 1.165) is 22.8 Å². The predicted molar refractivity (Wildman–Crippen MR) is 113 cm³/mol. The average Bonchev–Trinajstić information content (AvgIpc) is 3.32. The summed E-state index contributed by atoms with van der Waals surface area (Å²) in [6.07, 6.45) is 1.79. The van der Waals surface area contributed by atoms with Gasteiger partial charge in [0.15, 0.2) is 5.11 Å². The molecule has 1 aromatic carbocycles. The number of nitrogens with zero attached hydrogens (tertiary/aromatic N) is 2. The molecular formula is C21H20ClN3O2S. The molecule has 144 valence electrons. The van der Waals surface area contributed by atoms with Crippen LogP contribution >= 0.6 is 23.8 Å². The van der Waals surface area contributed by atoms with Gasteiger partial charge in [-0.2, -0.15) is 0 Å². The van der Waals surface area contributed by atoms with Crippen molar-refractivity contribution < 1.29 is 9.15 Å². The topological polar surface area (TPSA) is 50.5 Å². The third-order valence-electron chi connectivity index (χ3n) is 4.78. The van der Waals surface area contributed by atoms with E-state index in [0.29, 0.717) is 23.3 Å². The molecule has 7 heteroatoms. The number of rotatable bonds is 6. The molecule has 0 amide bonds. The number of pyridine rings is 1. The summed E-state index contributed by atoms with van der Waals surface area (Å²) in [5, 5.41) is 4.76. The van der Waals surface area contributed by atoms with Crippen molar-refractivity contribution in [3.8, 4) is 11.3 Å². The highest BCUT2D eigenvalue weighted by molar-refractivity contribution is 7.80. The van der Waals surface area contributed by atoms with Crippen LogP contribution in [0, 0.1) is 0 Å².